The second kappa shape index (κ2) is 8.85. The van der Waals surface area contributed by atoms with Crippen molar-refractivity contribution < 1.29 is 19.1 Å². The molecule has 2 aliphatic rings. The summed E-state index contributed by atoms with van der Waals surface area (Å²) in [6, 6.07) is 9.05. The Morgan fingerprint density at radius 1 is 1.30 bits per heavy atom. The van der Waals surface area contributed by atoms with Gasteiger partial charge in [0, 0.05) is 37.7 Å². The minimum Gasteiger partial charge on any atom is -0.378 e. The molecule has 1 aromatic carbocycles. The molecule has 2 heterocycles. The van der Waals surface area contributed by atoms with Crippen molar-refractivity contribution in [3.05, 3.63) is 35.9 Å². The number of benzene rings is 1. The van der Waals surface area contributed by atoms with E-state index >= 15 is 0 Å². The molecule has 6 heteroatoms. The summed E-state index contributed by atoms with van der Waals surface area (Å²) in [6.07, 6.45) is 2.29. The van der Waals surface area contributed by atoms with E-state index in [1.54, 1.807) is 12.1 Å². The summed E-state index contributed by atoms with van der Waals surface area (Å²) in [6.45, 7) is 7.41. The molecule has 2 amide bonds. The van der Waals surface area contributed by atoms with E-state index in [2.05, 4.69) is 19.2 Å². The predicted octanol–water partition coefficient (Wildman–Crippen LogP) is 2.10. The van der Waals surface area contributed by atoms with Crippen molar-refractivity contribution in [1.29, 1.82) is 0 Å². The van der Waals surface area contributed by atoms with Crippen LogP contribution in [0.4, 0.5) is 0 Å². The highest BCUT2D eigenvalue weighted by Gasteiger charge is 2.40. The number of carbonyl (C=O) groups is 2. The van der Waals surface area contributed by atoms with Crippen molar-refractivity contribution in [3.63, 3.8) is 0 Å². The van der Waals surface area contributed by atoms with Crippen LogP contribution in [0.5, 0.6) is 0 Å². The van der Waals surface area contributed by atoms with Gasteiger partial charge in [-0.3, -0.25) is 9.59 Å². The van der Waals surface area contributed by atoms with Gasteiger partial charge in [-0.1, -0.05) is 32.0 Å². The topological polar surface area (TPSA) is 67.9 Å². The van der Waals surface area contributed by atoms with Gasteiger partial charge < -0.3 is 19.7 Å². The molecule has 0 radical (unpaired) electrons. The Morgan fingerprint density at radius 3 is 2.85 bits per heavy atom. The highest BCUT2D eigenvalue weighted by Crippen LogP contribution is 2.36. The summed E-state index contributed by atoms with van der Waals surface area (Å²) < 4.78 is 11.4. The first kappa shape index (κ1) is 19.8. The highest BCUT2D eigenvalue weighted by atomic mass is 16.5. The fourth-order valence-corrected chi connectivity index (χ4v) is 3.97. The van der Waals surface area contributed by atoms with Gasteiger partial charge in [0.25, 0.3) is 5.91 Å². The van der Waals surface area contributed by atoms with E-state index in [4.69, 9.17) is 9.47 Å². The monoisotopic (exact) mass is 374 g/mol. The van der Waals surface area contributed by atoms with Gasteiger partial charge in [0.2, 0.25) is 5.91 Å². The molecule has 0 saturated carbocycles. The lowest BCUT2D eigenvalue weighted by atomic mass is 9.85. The lowest BCUT2D eigenvalue weighted by Crippen LogP contribution is -2.41. The standard InChI is InChI=1S/C21H30N2O4/c1-21(2)12-18-17(8-10-27-18)13-23(15-21)19(24)14-26-11-9-22-20(25)16-6-4-3-5-7-16/h3-7,17-18H,8-15H2,1-2H3,(H,22,25)/t17-,18+/m1/s1. The molecule has 1 N–H and O–H groups in total. The molecular formula is C21H30N2O4. The summed E-state index contributed by atoms with van der Waals surface area (Å²) in [7, 11) is 0. The van der Waals surface area contributed by atoms with Crippen LogP contribution in [0.25, 0.3) is 0 Å². The maximum Gasteiger partial charge on any atom is 0.251 e. The quantitative estimate of drug-likeness (QED) is 0.775. The molecule has 0 aliphatic carbocycles. The van der Waals surface area contributed by atoms with E-state index in [0.717, 1.165) is 32.5 Å². The van der Waals surface area contributed by atoms with E-state index in [1.165, 1.54) is 0 Å². The molecule has 0 unspecified atom stereocenters. The van der Waals surface area contributed by atoms with E-state index in [9.17, 15) is 9.59 Å². The maximum absolute atomic E-state index is 12.6. The van der Waals surface area contributed by atoms with Gasteiger partial charge in [-0.2, -0.15) is 0 Å². The number of rotatable bonds is 6. The van der Waals surface area contributed by atoms with Gasteiger partial charge in [0.1, 0.15) is 6.61 Å². The first-order chi connectivity index (χ1) is 12.9. The lowest BCUT2D eigenvalue weighted by Gasteiger charge is -2.30. The van der Waals surface area contributed by atoms with E-state index in [0.29, 0.717) is 24.6 Å². The molecule has 27 heavy (non-hydrogen) atoms. The number of nitrogens with zero attached hydrogens (tertiary/aromatic N) is 1. The Kier molecular flexibility index (Phi) is 6.50. The van der Waals surface area contributed by atoms with Gasteiger partial charge in [-0.05, 0) is 30.4 Å². The van der Waals surface area contributed by atoms with Crippen molar-refractivity contribution in [2.75, 3.05) is 39.5 Å². The predicted molar refractivity (Wildman–Crippen MR) is 102 cm³/mol. The Labute approximate surface area is 161 Å². The average molecular weight is 374 g/mol. The van der Waals surface area contributed by atoms with Gasteiger partial charge >= 0.3 is 0 Å². The Balaban J connectivity index is 1.40. The molecule has 0 aromatic heterocycles. The van der Waals surface area contributed by atoms with Crippen LogP contribution in [0.1, 0.15) is 37.0 Å². The molecule has 2 aliphatic heterocycles. The number of hydrogen-bond donors (Lipinski definition) is 1. The Hall–Kier alpha value is -1.92. The van der Waals surface area contributed by atoms with Crippen LogP contribution in [0.3, 0.4) is 0 Å². The van der Waals surface area contributed by atoms with Crippen molar-refractivity contribution in [3.8, 4) is 0 Å². The molecule has 6 nitrogen and oxygen atoms in total. The summed E-state index contributed by atoms with van der Waals surface area (Å²) in [4.78, 5) is 26.5. The second-order valence-electron chi connectivity index (χ2n) is 8.28. The van der Waals surface area contributed by atoms with Gasteiger partial charge in [-0.15, -0.1) is 0 Å². The number of fused-ring (bicyclic) bond motifs is 1. The summed E-state index contributed by atoms with van der Waals surface area (Å²) in [5, 5.41) is 2.80. The zero-order valence-corrected chi connectivity index (χ0v) is 16.3. The molecule has 2 saturated heterocycles. The minimum atomic E-state index is -0.132. The third-order valence-electron chi connectivity index (χ3n) is 5.32. The summed E-state index contributed by atoms with van der Waals surface area (Å²) >= 11 is 0. The average Bonchev–Trinajstić information content (AvgIpc) is 3.01. The molecule has 1 aromatic rings. The molecule has 0 spiro atoms. The molecule has 148 valence electrons. The van der Waals surface area contributed by atoms with Gasteiger partial charge in [0.05, 0.1) is 12.7 Å². The molecule has 2 atom stereocenters. The first-order valence-electron chi connectivity index (χ1n) is 9.75. The zero-order chi connectivity index (χ0) is 19.3. The summed E-state index contributed by atoms with van der Waals surface area (Å²) in [5.41, 5.74) is 0.664. The number of amides is 2. The molecular weight excluding hydrogens is 344 g/mol. The number of ether oxygens (including phenoxy) is 2. The van der Waals surface area contributed by atoms with Crippen molar-refractivity contribution in [1.82, 2.24) is 10.2 Å². The third kappa shape index (κ3) is 5.53. The lowest BCUT2D eigenvalue weighted by molar-refractivity contribution is -0.137. The van der Waals surface area contributed by atoms with Gasteiger partial charge in [0.15, 0.2) is 0 Å². The SMILES string of the molecule is CC1(C)C[C@@H]2OCC[C@@H]2CN(C(=O)COCCNC(=O)c2ccccc2)C1. The van der Waals surface area contributed by atoms with Crippen molar-refractivity contribution in [2.45, 2.75) is 32.8 Å². The van der Waals surface area contributed by atoms with Crippen LogP contribution < -0.4 is 5.32 Å². The van der Waals surface area contributed by atoms with Crippen LogP contribution >= 0.6 is 0 Å². The molecule has 0 bridgehead atoms. The highest BCUT2D eigenvalue weighted by molar-refractivity contribution is 5.94. The Bertz CT molecular complexity index is 647. The second-order valence-corrected chi connectivity index (χ2v) is 8.28. The van der Waals surface area contributed by atoms with E-state index < -0.39 is 0 Å². The van der Waals surface area contributed by atoms with Crippen LogP contribution in [0.2, 0.25) is 0 Å². The number of hydrogen-bond acceptors (Lipinski definition) is 4. The van der Waals surface area contributed by atoms with Crippen LogP contribution in [0.15, 0.2) is 30.3 Å². The number of carbonyl (C=O) groups excluding carboxylic acids is 2. The summed E-state index contributed by atoms with van der Waals surface area (Å²) in [5.74, 6) is 0.318. The number of likely N-dealkylation sites (tertiary alicyclic amines) is 1. The minimum absolute atomic E-state index is 0.0185. The smallest absolute Gasteiger partial charge is 0.251 e. The van der Waals surface area contributed by atoms with E-state index in [-0.39, 0.29) is 29.9 Å². The largest absolute Gasteiger partial charge is 0.378 e. The third-order valence-corrected chi connectivity index (χ3v) is 5.32. The Morgan fingerprint density at radius 2 is 2.07 bits per heavy atom. The first-order valence-corrected chi connectivity index (χ1v) is 9.75. The van der Waals surface area contributed by atoms with Crippen molar-refractivity contribution >= 4 is 11.8 Å². The van der Waals surface area contributed by atoms with Crippen LogP contribution in [-0.2, 0) is 14.3 Å². The van der Waals surface area contributed by atoms with Crippen LogP contribution in [-0.4, -0.2) is 62.3 Å². The fraction of sp³-hybridized carbons (Fsp3) is 0.619. The maximum atomic E-state index is 12.6. The molecule has 3 rings (SSSR count). The zero-order valence-electron chi connectivity index (χ0n) is 16.3. The fourth-order valence-electron chi connectivity index (χ4n) is 3.97. The van der Waals surface area contributed by atoms with Crippen LogP contribution in [0, 0.1) is 11.3 Å². The van der Waals surface area contributed by atoms with Gasteiger partial charge in [-0.25, -0.2) is 0 Å². The number of nitrogens with one attached hydrogen (secondary N) is 1. The molecule has 2 fully saturated rings. The van der Waals surface area contributed by atoms with E-state index in [1.807, 2.05) is 23.1 Å². The van der Waals surface area contributed by atoms with Crippen molar-refractivity contribution in [2.24, 2.45) is 11.3 Å². The normalized spacial score (nSPS) is 24.1.